The number of dihydropyridines is 1. The number of esters is 1. The molecule has 2 aliphatic heterocycles. The number of methoxy groups -OCH3 is 1. The zero-order chi connectivity index (χ0) is 26.1. The Morgan fingerprint density at radius 3 is 2.22 bits per heavy atom. The monoisotopic (exact) mass is 508 g/mol. The molecule has 0 saturated heterocycles. The van der Waals surface area contributed by atoms with Gasteiger partial charge in [0.2, 0.25) is 5.82 Å². The van der Waals surface area contributed by atoms with Gasteiger partial charge < -0.3 is 20.1 Å². The SMILES string of the molecule is CO[C@H](COC(=O)C1=C(C)NC2=C(C(=O)CNC2)C1c1c(F)c(F)c(F)c(F)c1F)c1ccccc1. The number of hydrogen-bond donors (Lipinski definition) is 2. The molecule has 190 valence electrons. The number of carbonyl (C=O) groups excluding carboxylic acids is 2. The van der Waals surface area contributed by atoms with Crippen LogP contribution in [0.15, 0.2) is 52.9 Å². The van der Waals surface area contributed by atoms with E-state index in [2.05, 4.69) is 10.6 Å². The van der Waals surface area contributed by atoms with Gasteiger partial charge in [-0.3, -0.25) is 4.79 Å². The van der Waals surface area contributed by atoms with Crippen LogP contribution in [-0.2, 0) is 19.1 Å². The minimum Gasteiger partial charge on any atom is -0.459 e. The third kappa shape index (κ3) is 4.40. The molecule has 0 fully saturated rings. The van der Waals surface area contributed by atoms with Gasteiger partial charge in [0.05, 0.1) is 18.0 Å². The summed E-state index contributed by atoms with van der Waals surface area (Å²) < 4.78 is 82.7. The highest BCUT2D eigenvalue weighted by Crippen LogP contribution is 2.43. The zero-order valence-electron chi connectivity index (χ0n) is 19.2. The van der Waals surface area contributed by atoms with Gasteiger partial charge in [0, 0.05) is 36.2 Å². The molecule has 2 aromatic carbocycles. The summed E-state index contributed by atoms with van der Waals surface area (Å²) in [6, 6.07) is 8.74. The third-order valence-electron chi connectivity index (χ3n) is 6.11. The Kier molecular flexibility index (Phi) is 7.23. The molecule has 0 amide bonds. The Balaban J connectivity index is 1.79. The lowest BCUT2D eigenvalue weighted by atomic mass is 9.77. The molecule has 6 nitrogen and oxygen atoms in total. The van der Waals surface area contributed by atoms with E-state index in [9.17, 15) is 31.5 Å². The van der Waals surface area contributed by atoms with Crippen LogP contribution in [0.3, 0.4) is 0 Å². The second-order valence-electron chi connectivity index (χ2n) is 8.23. The number of ketones is 1. The van der Waals surface area contributed by atoms with Gasteiger partial charge in [0.1, 0.15) is 12.7 Å². The number of halogens is 5. The second kappa shape index (κ2) is 10.2. The van der Waals surface area contributed by atoms with E-state index in [1.807, 2.05) is 0 Å². The molecule has 2 aliphatic rings. The highest BCUT2D eigenvalue weighted by Gasteiger charge is 2.44. The van der Waals surface area contributed by atoms with Crippen LogP contribution in [0.2, 0.25) is 0 Å². The van der Waals surface area contributed by atoms with Crippen LogP contribution in [0.25, 0.3) is 0 Å². The number of hydrogen-bond acceptors (Lipinski definition) is 6. The van der Waals surface area contributed by atoms with Crippen LogP contribution < -0.4 is 10.6 Å². The maximum absolute atomic E-state index is 14.9. The fourth-order valence-corrected chi connectivity index (χ4v) is 4.39. The quantitative estimate of drug-likeness (QED) is 0.268. The number of ether oxygens (including phenoxy) is 2. The summed E-state index contributed by atoms with van der Waals surface area (Å²) in [7, 11) is 1.39. The Morgan fingerprint density at radius 1 is 1.00 bits per heavy atom. The molecule has 2 heterocycles. The summed E-state index contributed by atoms with van der Waals surface area (Å²) in [5.41, 5.74) is -1.15. The standard InChI is InChI=1S/C25H21F5N2O4/c1-11-16(25(34)36-10-15(35-2)12-6-4-3-5-7-12)18(17-13(32-11)8-31-9-14(17)33)19-20(26)22(28)24(30)23(29)21(19)27/h3-7,15,18,31-32H,8-10H2,1-2H3/t15-,18?/m1/s1. The highest BCUT2D eigenvalue weighted by atomic mass is 19.2. The summed E-state index contributed by atoms with van der Waals surface area (Å²) in [4.78, 5) is 26.0. The normalized spacial score (nSPS) is 18.6. The van der Waals surface area contributed by atoms with E-state index in [0.29, 0.717) is 5.56 Å². The van der Waals surface area contributed by atoms with Gasteiger partial charge in [-0.1, -0.05) is 30.3 Å². The van der Waals surface area contributed by atoms with Gasteiger partial charge in [-0.15, -0.1) is 0 Å². The maximum Gasteiger partial charge on any atom is 0.336 e. The summed E-state index contributed by atoms with van der Waals surface area (Å²) in [6.45, 7) is 0.852. The number of Topliss-reactive ketones (excluding diaryl/α,β-unsaturated/α-hetero) is 1. The minimum absolute atomic E-state index is 0.0397. The van der Waals surface area contributed by atoms with Crippen LogP contribution in [0.5, 0.6) is 0 Å². The molecule has 0 spiro atoms. The van der Waals surface area contributed by atoms with Crippen molar-refractivity contribution < 1.29 is 41.0 Å². The molecule has 11 heteroatoms. The van der Waals surface area contributed by atoms with E-state index in [1.165, 1.54) is 14.0 Å². The van der Waals surface area contributed by atoms with Crippen molar-refractivity contribution in [1.29, 1.82) is 0 Å². The lowest BCUT2D eigenvalue weighted by Crippen LogP contribution is -2.43. The molecule has 0 radical (unpaired) electrons. The minimum atomic E-state index is -2.34. The van der Waals surface area contributed by atoms with E-state index in [0.717, 1.165) is 0 Å². The first kappa shape index (κ1) is 25.5. The fourth-order valence-electron chi connectivity index (χ4n) is 4.39. The zero-order valence-corrected chi connectivity index (χ0v) is 19.2. The molecule has 36 heavy (non-hydrogen) atoms. The summed E-state index contributed by atoms with van der Waals surface area (Å²) in [5.74, 6) is -14.6. The fraction of sp³-hybridized carbons (Fsp3) is 0.280. The molecule has 0 saturated carbocycles. The average Bonchev–Trinajstić information content (AvgIpc) is 2.87. The smallest absolute Gasteiger partial charge is 0.336 e. The molecule has 0 aromatic heterocycles. The molecular formula is C25H21F5N2O4. The van der Waals surface area contributed by atoms with Crippen molar-refractivity contribution in [2.45, 2.75) is 18.9 Å². The Bertz CT molecular complexity index is 1260. The molecule has 4 rings (SSSR count). The lowest BCUT2D eigenvalue weighted by Gasteiger charge is -2.34. The number of allylic oxidation sites excluding steroid dienone is 1. The second-order valence-corrected chi connectivity index (χ2v) is 8.23. The molecule has 2 N–H and O–H groups in total. The molecule has 1 unspecified atom stereocenters. The molecule has 0 bridgehead atoms. The number of rotatable bonds is 6. The highest BCUT2D eigenvalue weighted by molar-refractivity contribution is 6.04. The van der Waals surface area contributed by atoms with Gasteiger partial charge in [-0.25, -0.2) is 26.7 Å². The Hall–Kier alpha value is -3.57. The number of nitrogens with one attached hydrogen (secondary N) is 2. The van der Waals surface area contributed by atoms with E-state index in [1.54, 1.807) is 30.3 Å². The predicted octanol–water partition coefficient (Wildman–Crippen LogP) is 3.70. The van der Waals surface area contributed by atoms with Crippen LogP contribution in [-0.4, -0.2) is 38.6 Å². The van der Waals surface area contributed by atoms with Crippen molar-refractivity contribution in [2.75, 3.05) is 26.8 Å². The first-order valence-corrected chi connectivity index (χ1v) is 10.9. The molecule has 2 aromatic rings. The van der Waals surface area contributed by atoms with Crippen LogP contribution in [0, 0.1) is 29.1 Å². The van der Waals surface area contributed by atoms with Crippen molar-refractivity contribution in [3.05, 3.63) is 93.1 Å². The van der Waals surface area contributed by atoms with Crippen LogP contribution in [0.4, 0.5) is 22.0 Å². The lowest BCUT2D eigenvalue weighted by molar-refractivity contribution is -0.143. The largest absolute Gasteiger partial charge is 0.459 e. The summed E-state index contributed by atoms with van der Waals surface area (Å²) >= 11 is 0. The topological polar surface area (TPSA) is 76.7 Å². The maximum atomic E-state index is 14.9. The average molecular weight is 508 g/mol. The third-order valence-corrected chi connectivity index (χ3v) is 6.11. The molecular weight excluding hydrogens is 487 g/mol. The van der Waals surface area contributed by atoms with Gasteiger partial charge in [0.25, 0.3) is 0 Å². The van der Waals surface area contributed by atoms with E-state index in [4.69, 9.17) is 9.47 Å². The number of carbonyl (C=O) groups is 2. The van der Waals surface area contributed by atoms with E-state index >= 15 is 0 Å². The van der Waals surface area contributed by atoms with Gasteiger partial charge in [-0.2, -0.15) is 0 Å². The van der Waals surface area contributed by atoms with Gasteiger partial charge >= 0.3 is 5.97 Å². The van der Waals surface area contributed by atoms with E-state index < -0.39 is 64.0 Å². The van der Waals surface area contributed by atoms with Gasteiger partial charge in [-0.05, 0) is 12.5 Å². The van der Waals surface area contributed by atoms with Crippen molar-refractivity contribution in [2.24, 2.45) is 0 Å². The Morgan fingerprint density at radius 2 is 1.61 bits per heavy atom. The molecule has 0 aliphatic carbocycles. The number of benzene rings is 2. The summed E-state index contributed by atoms with van der Waals surface area (Å²) in [5, 5.41) is 5.61. The van der Waals surface area contributed by atoms with E-state index in [-0.39, 0.29) is 36.7 Å². The van der Waals surface area contributed by atoms with Crippen LogP contribution >= 0.6 is 0 Å². The van der Waals surface area contributed by atoms with Crippen molar-refractivity contribution in [3.8, 4) is 0 Å². The van der Waals surface area contributed by atoms with Crippen LogP contribution in [0.1, 0.15) is 30.1 Å². The first-order chi connectivity index (χ1) is 17.2. The van der Waals surface area contributed by atoms with Crippen molar-refractivity contribution in [3.63, 3.8) is 0 Å². The first-order valence-electron chi connectivity index (χ1n) is 10.9. The Labute approximate surface area is 202 Å². The predicted molar refractivity (Wildman–Crippen MR) is 117 cm³/mol. The summed E-state index contributed by atoms with van der Waals surface area (Å²) in [6.07, 6.45) is -0.699. The molecule has 2 atom stereocenters. The van der Waals surface area contributed by atoms with Gasteiger partial charge in [0.15, 0.2) is 29.1 Å². The van der Waals surface area contributed by atoms with Crippen molar-refractivity contribution >= 4 is 11.8 Å². The van der Waals surface area contributed by atoms with Crippen molar-refractivity contribution in [1.82, 2.24) is 10.6 Å².